The fourth-order valence-corrected chi connectivity index (χ4v) is 17.4. The first-order chi connectivity index (χ1) is 54.4. The van der Waals surface area contributed by atoms with Crippen LogP contribution in [-0.2, 0) is 34.6 Å². The van der Waals surface area contributed by atoms with Gasteiger partial charge in [0.05, 0.1) is 22.3 Å². The lowest BCUT2D eigenvalue weighted by molar-refractivity contribution is -0.661. The van der Waals surface area contributed by atoms with Crippen LogP contribution in [0.15, 0.2) is 176 Å². The maximum absolute atomic E-state index is 6.36. The van der Waals surface area contributed by atoms with Crippen LogP contribution in [0.5, 0.6) is 0 Å². The zero-order chi connectivity index (χ0) is 80.5. The summed E-state index contributed by atoms with van der Waals surface area (Å²) < 4.78 is 34.3. The molecule has 0 spiro atoms. The summed E-state index contributed by atoms with van der Waals surface area (Å²) in [5.74, 6) is 2.81. The number of benzene rings is 4. The third-order valence-electron chi connectivity index (χ3n) is 24.3. The smallest absolute Gasteiger partial charge is 0.227 e. The van der Waals surface area contributed by atoms with Crippen molar-refractivity contribution in [2.45, 2.75) is 219 Å². The topological polar surface area (TPSA) is 120 Å². The van der Waals surface area contributed by atoms with E-state index in [1.807, 2.05) is 26.0 Å². The molecule has 0 aliphatic rings. The lowest BCUT2D eigenvalue weighted by Crippen LogP contribution is -2.32. The molecule has 4 aromatic carbocycles. The average Bonchev–Trinajstić information content (AvgIpc) is 1.61. The van der Waals surface area contributed by atoms with E-state index in [4.69, 9.17) is 27.6 Å². The molecule has 0 amide bonds. The van der Waals surface area contributed by atoms with Gasteiger partial charge in [-0.1, -0.05) is 125 Å². The predicted octanol–water partition coefficient (Wildman–Crippen LogP) is 25.7. The van der Waals surface area contributed by atoms with Crippen LogP contribution in [0, 0.1) is 55.4 Å². The first kappa shape index (κ1) is 80.3. The highest BCUT2D eigenvalue weighted by Crippen LogP contribution is 2.43. The summed E-state index contributed by atoms with van der Waals surface area (Å²) in [6, 6.07) is 47.9. The van der Waals surface area contributed by atoms with Crippen LogP contribution in [-0.4, -0.2) is 19.9 Å². The SMILES string of the molecule is CCC(CC)c1c[n+](C)c(-c2c(C)ccc3c2oc2nc(C)ccc23)cc1C.CCC(CC)c1c[n+](C)c(-c2c(C)ccc3c2oc2nc(C)ccc23)cc1C.CCC(CC)c1ccc(-c2c(C)ccc3c2oc2nc(C(C)C)ccc23)[n+](C)c1.CCc1ccc2c(n1)oc1c(-c3ccc(C(CC)CC)c[n+]3C)c(C)ccc12. The molecule has 0 saturated carbocycles. The summed E-state index contributed by atoms with van der Waals surface area (Å²) in [6.45, 7) is 41.7. The van der Waals surface area contributed by atoms with Gasteiger partial charge < -0.3 is 17.7 Å². The van der Waals surface area contributed by atoms with Crippen molar-refractivity contribution in [3.63, 3.8) is 0 Å². The van der Waals surface area contributed by atoms with Crippen molar-refractivity contribution in [2.24, 2.45) is 28.2 Å². The molecule has 0 bridgehead atoms. The minimum Gasteiger partial charge on any atom is -0.437 e. The molecular weight excluding hydrogens is 1390 g/mol. The normalized spacial score (nSPS) is 11.9. The van der Waals surface area contributed by atoms with Crippen molar-refractivity contribution < 1.29 is 35.9 Å². The van der Waals surface area contributed by atoms with E-state index in [-0.39, 0.29) is 0 Å². The Morgan fingerprint density at radius 3 is 0.920 bits per heavy atom. The quantitative estimate of drug-likeness (QED) is 0.0779. The van der Waals surface area contributed by atoms with Crippen LogP contribution >= 0.6 is 0 Å². The maximum Gasteiger partial charge on any atom is 0.227 e. The number of pyridine rings is 8. The first-order valence-electron chi connectivity index (χ1n) is 41.6. The van der Waals surface area contributed by atoms with Gasteiger partial charge in [-0.3, -0.25) is 0 Å². The molecule has 0 fully saturated rings. The van der Waals surface area contributed by atoms with Gasteiger partial charge in [-0.15, -0.1) is 0 Å². The Kier molecular flexibility index (Phi) is 24.1. The largest absolute Gasteiger partial charge is 0.437 e. The van der Waals surface area contributed by atoms with Crippen molar-refractivity contribution in [3.8, 4) is 45.0 Å². The molecule has 0 unspecified atom stereocenters. The highest BCUT2D eigenvalue weighted by molar-refractivity contribution is 6.12. The second-order valence-corrected chi connectivity index (χ2v) is 32.1. The Morgan fingerprint density at radius 2 is 0.593 bits per heavy atom. The van der Waals surface area contributed by atoms with Crippen LogP contribution in [0.4, 0.5) is 0 Å². The second-order valence-electron chi connectivity index (χ2n) is 32.1. The number of nitrogens with zero attached hydrogens (tertiary/aromatic N) is 8. The summed E-state index contributed by atoms with van der Waals surface area (Å²) in [5, 5.41) is 8.85. The second kappa shape index (κ2) is 33.9. The fraction of sp³-hybridized carbons (Fsp3) is 0.366. The lowest BCUT2D eigenvalue weighted by atomic mass is 9.90. The average molecular weight is 1510 g/mol. The number of rotatable bonds is 18. The molecule has 582 valence electrons. The molecule has 12 aromatic heterocycles. The molecule has 0 saturated heterocycles. The van der Waals surface area contributed by atoms with Gasteiger partial charge in [0.1, 0.15) is 28.2 Å². The molecule has 0 aliphatic heterocycles. The molecular formula is C101H118N8O4+4. The minimum absolute atomic E-state index is 0.379. The van der Waals surface area contributed by atoms with E-state index in [1.165, 1.54) is 117 Å². The number of aromatic nitrogens is 8. The van der Waals surface area contributed by atoms with Gasteiger partial charge in [-0.25, -0.2) is 38.2 Å². The van der Waals surface area contributed by atoms with Crippen molar-refractivity contribution >= 4 is 88.3 Å². The minimum atomic E-state index is 0.379. The molecule has 0 N–H and O–H groups in total. The van der Waals surface area contributed by atoms with Gasteiger partial charge in [-0.2, -0.15) is 0 Å². The third kappa shape index (κ3) is 15.6. The monoisotopic (exact) mass is 1510 g/mol. The molecule has 16 rings (SSSR count). The third-order valence-corrected chi connectivity index (χ3v) is 24.3. The first-order valence-corrected chi connectivity index (χ1v) is 41.6. The van der Waals surface area contributed by atoms with Crippen molar-refractivity contribution in [1.82, 2.24) is 19.9 Å². The Bertz CT molecular complexity index is 6020. The lowest BCUT2D eigenvalue weighted by Gasteiger charge is -2.15. The van der Waals surface area contributed by atoms with E-state index in [1.54, 1.807) is 0 Å². The molecule has 12 heterocycles. The maximum atomic E-state index is 6.36. The molecule has 12 heteroatoms. The molecule has 12 nitrogen and oxygen atoms in total. The van der Waals surface area contributed by atoms with Crippen LogP contribution in [0.2, 0.25) is 0 Å². The summed E-state index contributed by atoms with van der Waals surface area (Å²) in [4.78, 5) is 18.7. The van der Waals surface area contributed by atoms with Gasteiger partial charge in [0, 0.05) is 112 Å². The Balaban J connectivity index is 0.000000132. The zero-order valence-electron chi connectivity index (χ0n) is 71.5. The van der Waals surface area contributed by atoms with Crippen LogP contribution < -0.4 is 18.3 Å². The van der Waals surface area contributed by atoms with Gasteiger partial charge in [0.2, 0.25) is 45.6 Å². The molecule has 113 heavy (non-hydrogen) atoms. The van der Waals surface area contributed by atoms with E-state index in [2.05, 4.69) is 320 Å². The summed E-state index contributed by atoms with van der Waals surface area (Å²) in [5.41, 5.74) is 33.3. The van der Waals surface area contributed by atoms with E-state index in [0.29, 0.717) is 29.6 Å². The summed E-state index contributed by atoms with van der Waals surface area (Å²) in [7, 11) is 8.56. The molecule has 0 aliphatic carbocycles. The van der Waals surface area contributed by atoms with Crippen molar-refractivity contribution in [2.75, 3.05) is 0 Å². The van der Waals surface area contributed by atoms with Gasteiger partial charge in [-0.05, 0) is 237 Å². The van der Waals surface area contributed by atoms with Crippen molar-refractivity contribution in [1.29, 1.82) is 0 Å². The van der Waals surface area contributed by atoms with Gasteiger partial charge in [0.25, 0.3) is 0 Å². The van der Waals surface area contributed by atoms with E-state index >= 15 is 0 Å². The number of hydrogen-bond donors (Lipinski definition) is 0. The summed E-state index contributed by atoms with van der Waals surface area (Å²) in [6.07, 6.45) is 19.4. The van der Waals surface area contributed by atoms with Gasteiger partial charge >= 0.3 is 0 Å². The zero-order valence-corrected chi connectivity index (χ0v) is 71.5. The number of hydrogen-bond acceptors (Lipinski definition) is 8. The predicted molar refractivity (Wildman–Crippen MR) is 467 cm³/mol. The summed E-state index contributed by atoms with van der Waals surface area (Å²) >= 11 is 0. The Hall–Kier alpha value is -10.7. The van der Waals surface area contributed by atoms with Gasteiger partial charge in [0.15, 0.2) is 47.1 Å². The van der Waals surface area contributed by atoms with Crippen LogP contribution in [0.1, 0.15) is 236 Å². The highest BCUT2D eigenvalue weighted by atomic mass is 16.4. The molecule has 0 atom stereocenters. The standard InChI is InChI=1S/C26H31N2O.3C25H29N2O/c1-7-18(8-2)19-10-14-23(28(6)15-19)24-17(5)9-11-20-21-12-13-22(16(3)4)27-26(21)29-25(20)24;2*1-7-18(8-2)21-14-27(6)22(13-16(21)4)23-15(3)9-11-19-20-12-10-17(5)26-25(20)28-24(19)23;1-6-17(7-2)18-10-14-22(27(5)15-18)23-16(4)9-12-20-21-13-11-19(8-3)26-25(21)28-24(20)23/h9-16,18H,7-8H2,1-6H3;2*9-14,18H,7-8H2,1-6H3;9-15,17H,6-8H2,1-5H3/q4*+1. The fourth-order valence-electron chi connectivity index (χ4n) is 17.4. The molecule has 0 radical (unpaired) electrons. The van der Waals surface area contributed by atoms with Crippen LogP contribution in [0.3, 0.4) is 0 Å². The van der Waals surface area contributed by atoms with Crippen molar-refractivity contribution in [3.05, 3.63) is 237 Å². The van der Waals surface area contributed by atoms with E-state index in [0.717, 1.165) is 153 Å². The Labute approximate surface area is 669 Å². The highest BCUT2D eigenvalue weighted by Gasteiger charge is 2.29. The number of fused-ring (bicyclic) bond motifs is 12. The Morgan fingerprint density at radius 1 is 0.292 bits per heavy atom. The number of furan rings is 4. The molecule has 16 aromatic rings. The van der Waals surface area contributed by atoms with E-state index < -0.39 is 0 Å². The van der Waals surface area contributed by atoms with Crippen LogP contribution in [0.25, 0.3) is 133 Å². The number of aryl methyl sites for hydroxylation is 13. The van der Waals surface area contributed by atoms with E-state index in [9.17, 15) is 0 Å².